The lowest BCUT2D eigenvalue weighted by Gasteiger charge is -2.20. The number of nitro benzene ring substituents is 1. The molecule has 1 N–H and O–H groups in total. The zero-order valence-electron chi connectivity index (χ0n) is 15.9. The first-order valence-corrected chi connectivity index (χ1v) is 10.1. The van der Waals surface area contributed by atoms with Gasteiger partial charge in [-0.2, -0.15) is 0 Å². The molecule has 1 unspecified atom stereocenters. The third-order valence-electron chi connectivity index (χ3n) is 5.17. The smallest absolute Gasteiger partial charge is 0.276 e. The Hall–Kier alpha value is -2.09. The second kappa shape index (κ2) is 9.61. The van der Waals surface area contributed by atoms with Gasteiger partial charge in [0.15, 0.2) is 11.5 Å². The number of halogens is 2. The van der Waals surface area contributed by atoms with E-state index < -0.39 is 10.8 Å². The molecule has 3 rings (SSSR count). The highest BCUT2D eigenvalue weighted by Crippen LogP contribution is 2.41. The number of pyridine rings is 1. The number of aliphatic hydroxyl groups excluding tert-OH is 1. The molecule has 156 valence electrons. The Morgan fingerprint density at radius 3 is 2.45 bits per heavy atom. The third kappa shape index (κ3) is 4.91. The third-order valence-corrected chi connectivity index (χ3v) is 5.82. The summed E-state index contributed by atoms with van der Waals surface area (Å²) in [5, 5.41) is 22.4. The van der Waals surface area contributed by atoms with Crippen molar-refractivity contribution >= 4 is 28.9 Å². The van der Waals surface area contributed by atoms with Crippen molar-refractivity contribution < 1.29 is 19.5 Å². The molecule has 1 atom stereocenters. The zero-order chi connectivity index (χ0) is 21.0. The molecule has 29 heavy (non-hydrogen) atoms. The fraction of sp³-hybridized carbons (Fsp3) is 0.450. The maximum absolute atomic E-state index is 11.7. The highest BCUT2D eigenvalue weighted by atomic mass is 35.5. The Labute approximate surface area is 178 Å². The molecule has 1 saturated carbocycles. The van der Waals surface area contributed by atoms with Gasteiger partial charge in [0.1, 0.15) is 0 Å². The van der Waals surface area contributed by atoms with Crippen LogP contribution in [0.5, 0.6) is 11.5 Å². The van der Waals surface area contributed by atoms with E-state index in [1.807, 2.05) is 0 Å². The predicted octanol–water partition coefficient (Wildman–Crippen LogP) is 4.95. The molecule has 0 amide bonds. The summed E-state index contributed by atoms with van der Waals surface area (Å²) in [7, 11) is 1.44. The molecule has 7 nitrogen and oxygen atoms in total. The Morgan fingerprint density at radius 1 is 1.24 bits per heavy atom. The van der Waals surface area contributed by atoms with Crippen LogP contribution in [0.2, 0.25) is 10.0 Å². The van der Waals surface area contributed by atoms with Crippen LogP contribution in [-0.2, 0) is 6.42 Å². The first-order chi connectivity index (χ1) is 13.9. The van der Waals surface area contributed by atoms with Crippen LogP contribution in [0.4, 0.5) is 5.69 Å². The van der Waals surface area contributed by atoms with Gasteiger partial charge in [0.05, 0.1) is 40.9 Å². The summed E-state index contributed by atoms with van der Waals surface area (Å²) in [5.41, 5.74) is 0.766. The van der Waals surface area contributed by atoms with Gasteiger partial charge in [-0.1, -0.05) is 23.2 Å². The Bertz CT molecular complexity index is 867. The topological polar surface area (TPSA) is 94.7 Å². The molecule has 1 aromatic heterocycles. The highest BCUT2D eigenvalue weighted by Gasteiger charge is 2.28. The van der Waals surface area contributed by atoms with Crippen LogP contribution in [0.1, 0.15) is 42.7 Å². The molecule has 0 bridgehead atoms. The number of hydrogen-bond acceptors (Lipinski definition) is 6. The van der Waals surface area contributed by atoms with Gasteiger partial charge in [0.25, 0.3) is 5.69 Å². The van der Waals surface area contributed by atoms with E-state index in [0.717, 1.165) is 25.7 Å². The SMILES string of the molecule is COc1cc([N+](=O)[O-])c(C(CO)Cc2c(Cl)cncc2Cl)cc1OC1CCCC1. The standard InChI is InChI=1S/C20H22Cl2N2O5/c1-28-19-8-18(24(26)27)14(7-20(19)29-13-4-2-3-5-13)12(11-25)6-15-16(21)9-23-10-17(15)22/h7-10,12-13,25H,2-6,11H2,1H3. The van der Waals surface area contributed by atoms with Crippen LogP contribution in [-0.4, -0.2) is 34.8 Å². The molecule has 0 saturated heterocycles. The maximum atomic E-state index is 11.7. The lowest BCUT2D eigenvalue weighted by Crippen LogP contribution is -2.15. The molecule has 1 aromatic carbocycles. The van der Waals surface area contributed by atoms with E-state index in [1.165, 1.54) is 25.6 Å². The van der Waals surface area contributed by atoms with Crippen molar-refractivity contribution in [2.75, 3.05) is 13.7 Å². The average molecular weight is 441 g/mol. The van der Waals surface area contributed by atoms with Crippen molar-refractivity contribution in [1.82, 2.24) is 4.98 Å². The van der Waals surface area contributed by atoms with Crippen LogP contribution in [0, 0.1) is 10.1 Å². The summed E-state index contributed by atoms with van der Waals surface area (Å²) in [6, 6.07) is 2.94. The largest absolute Gasteiger partial charge is 0.493 e. The Balaban J connectivity index is 2.02. The lowest BCUT2D eigenvalue weighted by atomic mass is 9.91. The van der Waals surface area contributed by atoms with Crippen molar-refractivity contribution in [3.8, 4) is 11.5 Å². The van der Waals surface area contributed by atoms with E-state index >= 15 is 0 Å². The lowest BCUT2D eigenvalue weighted by molar-refractivity contribution is -0.385. The van der Waals surface area contributed by atoms with Gasteiger partial charge in [-0.25, -0.2) is 0 Å². The van der Waals surface area contributed by atoms with Crippen LogP contribution in [0.15, 0.2) is 24.5 Å². The van der Waals surface area contributed by atoms with E-state index in [1.54, 1.807) is 6.07 Å². The number of rotatable bonds is 8. The number of aliphatic hydroxyl groups is 1. The minimum absolute atomic E-state index is 0.0508. The zero-order valence-corrected chi connectivity index (χ0v) is 17.4. The summed E-state index contributed by atoms with van der Waals surface area (Å²) in [5.74, 6) is 0.124. The minimum atomic E-state index is -0.607. The van der Waals surface area contributed by atoms with Gasteiger partial charge in [0, 0.05) is 23.9 Å². The maximum Gasteiger partial charge on any atom is 0.276 e. The number of hydrogen-bond donors (Lipinski definition) is 1. The van der Waals surface area contributed by atoms with Crippen molar-refractivity contribution in [2.24, 2.45) is 0 Å². The predicted molar refractivity (Wildman–Crippen MR) is 110 cm³/mol. The normalized spacial score (nSPS) is 15.3. The molecule has 1 heterocycles. The van der Waals surface area contributed by atoms with Crippen LogP contribution >= 0.6 is 23.2 Å². The summed E-state index contributed by atoms with van der Waals surface area (Å²) in [4.78, 5) is 15.1. The summed E-state index contributed by atoms with van der Waals surface area (Å²) < 4.78 is 11.4. The van der Waals surface area contributed by atoms with Gasteiger partial charge < -0.3 is 14.6 Å². The van der Waals surface area contributed by atoms with E-state index in [2.05, 4.69) is 4.98 Å². The summed E-state index contributed by atoms with van der Waals surface area (Å²) in [6.07, 6.45) is 7.21. The molecule has 9 heteroatoms. The van der Waals surface area contributed by atoms with Crippen molar-refractivity contribution in [3.63, 3.8) is 0 Å². The molecule has 1 aliphatic rings. The van der Waals surface area contributed by atoms with E-state index in [4.69, 9.17) is 32.7 Å². The molecule has 2 aromatic rings. The minimum Gasteiger partial charge on any atom is -0.493 e. The van der Waals surface area contributed by atoms with E-state index in [-0.39, 0.29) is 24.8 Å². The number of aromatic nitrogens is 1. The molecule has 0 aliphatic heterocycles. The Kier molecular flexibility index (Phi) is 7.16. The van der Waals surface area contributed by atoms with Crippen LogP contribution < -0.4 is 9.47 Å². The van der Waals surface area contributed by atoms with Crippen LogP contribution in [0.3, 0.4) is 0 Å². The number of nitro groups is 1. The van der Waals surface area contributed by atoms with Gasteiger partial charge in [0.2, 0.25) is 0 Å². The number of nitrogens with zero attached hydrogens (tertiary/aromatic N) is 2. The fourth-order valence-electron chi connectivity index (χ4n) is 3.64. The quantitative estimate of drug-likeness (QED) is 0.460. The number of benzene rings is 1. The number of ether oxygens (including phenoxy) is 2. The molecule has 1 fully saturated rings. The van der Waals surface area contributed by atoms with Crippen molar-refractivity contribution in [2.45, 2.75) is 44.1 Å². The monoisotopic (exact) mass is 440 g/mol. The van der Waals surface area contributed by atoms with Gasteiger partial charge >= 0.3 is 0 Å². The molecule has 0 spiro atoms. The first-order valence-electron chi connectivity index (χ1n) is 9.36. The fourth-order valence-corrected chi connectivity index (χ4v) is 4.16. The average Bonchev–Trinajstić information content (AvgIpc) is 3.20. The van der Waals surface area contributed by atoms with Gasteiger partial charge in [-0.3, -0.25) is 15.1 Å². The molecule has 0 radical (unpaired) electrons. The second-order valence-electron chi connectivity index (χ2n) is 7.01. The molecular formula is C20H22Cl2N2O5. The van der Waals surface area contributed by atoms with E-state index in [9.17, 15) is 15.2 Å². The summed E-state index contributed by atoms with van der Waals surface area (Å²) >= 11 is 12.4. The molecule has 1 aliphatic carbocycles. The van der Waals surface area contributed by atoms with Crippen molar-refractivity contribution in [3.05, 3.63) is 55.8 Å². The second-order valence-corrected chi connectivity index (χ2v) is 7.82. The van der Waals surface area contributed by atoms with Crippen LogP contribution in [0.25, 0.3) is 0 Å². The number of methoxy groups -OCH3 is 1. The van der Waals surface area contributed by atoms with E-state index in [0.29, 0.717) is 32.7 Å². The molecular weight excluding hydrogens is 419 g/mol. The summed E-state index contributed by atoms with van der Waals surface area (Å²) in [6.45, 7) is -0.328. The first kappa shape index (κ1) is 21.6. The van der Waals surface area contributed by atoms with Gasteiger partial charge in [-0.15, -0.1) is 0 Å². The highest BCUT2D eigenvalue weighted by molar-refractivity contribution is 6.35. The van der Waals surface area contributed by atoms with Gasteiger partial charge in [-0.05, 0) is 43.7 Å². The Morgan fingerprint density at radius 2 is 1.90 bits per heavy atom. The van der Waals surface area contributed by atoms with Crippen molar-refractivity contribution in [1.29, 1.82) is 0 Å².